The largest absolute Gasteiger partial charge is 0.573 e. The highest BCUT2D eigenvalue weighted by molar-refractivity contribution is 5.63. The van der Waals surface area contributed by atoms with Crippen LogP contribution in [0.1, 0.15) is 25.8 Å². The minimum Gasteiger partial charge on any atom is -0.478 e. The van der Waals surface area contributed by atoms with Crippen LogP contribution in [-0.2, 0) is 6.54 Å². The van der Waals surface area contributed by atoms with Crippen molar-refractivity contribution in [3.05, 3.63) is 54.4 Å². The maximum Gasteiger partial charge on any atom is 0.573 e. The Balaban J connectivity index is 1.84. The zero-order valence-corrected chi connectivity index (χ0v) is 18.7. The standard InChI is InChI=1S/C23H26F3N5O2/c1-4-12-32-21-14-16(8-10-27-21)19-9-11-28-22(30-19)29-18-6-7-20(33-23(24,25)26)17(13-18)15-31(3)5-2/h6-11,13-14H,4-5,12,15H2,1-3H3,(H,28,29,30). The van der Waals surface area contributed by atoms with E-state index in [2.05, 4.69) is 25.0 Å². The van der Waals surface area contributed by atoms with E-state index in [0.717, 1.165) is 12.0 Å². The average molecular weight is 461 g/mol. The van der Waals surface area contributed by atoms with Gasteiger partial charge in [0.05, 0.1) is 12.3 Å². The predicted molar refractivity (Wildman–Crippen MR) is 119 cm³/mol. The van der Waals surface area contributed by atoms with Gasteiger partial charge in [-0.25, -0.2) is 15.0 Å². The fraction of sp³-hybridized carbons (Fsp3) is 0.348. The molecule has 0 bridgehead atoms. The Labute approximate surface area is 190 Å². The second kappa shape index (κ2) is 11.0. The summed E-state index contributed by atoms with van der Waals surface area (Å²) in [6.45, 7) is 5.46. The zero-order valence-electron chi connectivity index (χ0n) is 18.7. The summed E-state index contributed by atoms with van der Waals surface area (Å²) in [4.78, 5) is 14.8. The first-order chi connectivity index (χ1) is 15.8. The van der Waals surface area contributed by atoms with Crippen LogP contribution in [0.15, 0.2) is 48.8 Å². The number of aromatic nitrogens is 3. The van der Waals surface area contributed by atoms with E-state index < -0.39 is 6.36 Å². The van der Waals surface area contributed by atoms with Gasteiger partial charge in [-0.2, -0.15) is 0 Å². The quantitative estimate of drug-likeness (QED) is 0.432. The van der Waals surface area contributed by atoms with Gasteiger partial charge in [-0.15, -0.1) is 13.2 Å². The molecule has 176 valence electrons. The topological polar surface area (TPSA) is 72.4 Å². The number of ether oxygens (including phenoxy) is 2. The molecule has 10 heteroatoms. The van der Waals surface area contributed by atoms with Crippen molar-refractivity contribution in [3.63, 3.8) is 0 Å². The van der Waals surface area contributed by atoms with E-state index in [1.54, 1.807) is 30.6 Å². The first-order valence-electron chi connectivity index (χ1n) is 10.5. The summed E-state index contributed by atoms with van der Waals surface area (Å²) in [5, 5.41) is 3.06. The number of nitrogens with one attached hydrogen (secondary N) is 1. The Hall–Kier alpha value is -3.40. The fourth-order valence-electron chi connectivity index (χ4n) is 2.97. The molecule has 0 spiro atoms. The molecule has 0 fully saturated rings. The maximum absolute atomic E-state index is 12.8. The zero-order chi connectivity index (χ0) is 23.8. The molecule has 0 aliphatic heterocycles. The second-order valence-corrected chi connectivity index (χ2v) is 7.32. The Bertz CT molecular complexity index is 1060. The minimum absolute atomic E-state index is 0.237. The number of benzene rings is 1. The molecule has 7 nitrogen and oxygen atoms in total. The van der Waals surface area contributed by atoms with Crippen LogP contribution in [0, 0.1) is 0 Å². The molecule has 0 unspecified atom stereocenters. The number of alkyl halides is 3. The monoisotopic (exact) mass is 461 g/mol. The summed E-state index contributed by atoms with van der Waals surface area (Å²) in [7, 11) is 1.82. The molecule has 0 saturated carbocycles. The molecule has 0 saturated heterocycles. The highest BCUT2D eigenvalue weighted by atomic mass is 19.4. The van der Waals surface area contributed by atoms with Crippen LogP contribution in [0.25, 0.3) is 11.3 Å². The summed E-state index contributed by atoms with van der Waals surface area (Å²) in [5.74, 6) is 0.575. The van der Waals surface area contributed by atoms with Crippen molar-refractivity contribution in [2.75, 3.05) is 25.5 Å². The van der Waals surface area contributed by atoms with E-state index >= 15 is 0 Å². The molecule has 2 heterocycles. The Morgan fingerprint density at radius 3 is 2.55 bits per heavy atom. The van der Waals surface area contributed by atoms with Gasteiger partial charge in [0.1, 0.15) is 5.75 Å². The molecule has 33 heavy (non-hydrogen) atoms. The van der Waals surface area contributed by atoms with Crippen molar-refractivity contribution in [3.8, 4) is 22.9 Å². The van der Waals surface area contributed by atoms with Crippen molar-refractivity contribution in [1.82, 2.24) is 19.9 Å². The van der Waals surface area contributed by atoms with Crippen molar-refractivity contribution < 1.29 is 22.6 Å². The van der Waals surface area contributed by atoms with Gasteiger partial charge in [-0.1, -0.05) is 13.8 Å². The molecular weight excluding hydrogens is 435 g/mol. The van der Waals surface area contributed by atoms with Gasteiger partial charge in [-0.3, -0.25) is 0 Å². The molecule has 2 aromatic heterocycles. The fourth-order valence-corrected chi connectivity index (χ4v) is 2.97. The Kier molecular flexibility index (Phi) is 8.05. The number of nitrogens with zero attached hydrogens (tertiary/aromatic N) is 4. The summed E-state index contributed by atoms with van der Waals surface area (Å²) < 4.78 is 48.2. The van der Waals surface area contributed by atoms with Gasteiger partial charge in [0.15, 0.2) is 0 Å². The molecule has 3 rings (SSSR count). The van der Waals surface area contributed by atoms with Crippen LogP contribution in [0.4, 0.5) is 24.8 Å². The maximum atomic E-state index is 12.8. The van der Waals surface area contributed by atoms with E-state index in [9.17, 15) is 13.2 Å². The van der Waals surface area contributed by atoms with E-state index in [-0.39, 0.29) is 12.3 Å². The van der Waals surface area contributed by atoms with Crippen molar-refractivity contribution >= 4 is 11.6 Å². The lowest BCUT2D eigenvalue weighted by atomic mass is 10.1. The number of hydrogen-bond acceptors (Lipinski definition) is 7. The van der Waals surface area contributed by atoms with Crippen LogP contribution in [-0.4, -0.2) is 46.4 Å². The Morgan fingerprint density at radius 1 is 1.03 bits per heavy atom. The molecule has 3 aromatic rings. The SMILES string of the molecule is CCCOc1cc(-c2ccnc(Nc3ccc(OC(F)(F)F)c(CN(C)CC)c3)n2)ccn1. The molecule has 0 aliphatic carbocycles. The van der Waals surface area contributed by atoms with E-state index in [1.807, 2.05) is 31.9 Å². The van der Waals surface area contributed by atoms with Crippen LogP contribution in [0.3, 0.4) is 0 Å². The lowest BCUT2D eigenvalue weighted by Crippen LogP contribution is -2.21. The molecule has 0 aliphatic rings. The number of pyridine rings is 1. The van der Waals surface area contributed by atoms with Gasteiger partial charge < -0.3 is 19.7 Å². The first-order valence-corrected chi connectivity index (χ1v) is 10.5. The third kappa shape index (κ3) is 7.31. The number of hydrogen-bond donors (Lipinski definition) is 1. The van der Waals surface area contributed by atoms with Crippen LogP contribution in [0.2, 0.25) is 0 Å². The molecule has 0 amide bonds. The van der Waals surface area contributed by atoms with Crippen molar-refractivity contribution in [2.24, 2.45) is 0 Å². The third-order valence-electron chi connectivity index (χ3n) is 4.66. The second-order valence-electron chi connectivity index (χ2n) is 7.32. The lowest BCUT2D eigenvalue weighted by Gasteiger charge is -2.19. The van der Waals surface area contributed by atoms with Gasteiger partial charge in [0.2, 0.25) is 11.8 Å². The van der Waals surface area contributed by atoms with Gasteiger partial charge >= 0.3 is 6.36 Å². The molecule has 1 aromatic carbocycles. The predicted octanol–water partition coefficient (Wildman–Crippen LogP) is 5.42. The van der Waals surface area contributed by atoms with Gasteiger partial charge in [-0.05, 0) is 50.3 Å². The van der Waals surface area contributed by atoms with Gasteiger partial charge in [0, 0.05) is 41.8 Å². The van der Waals surface area contributed by atoms with Gasteiger partial charge in [0.25, 0.3) is 0 Å². The van der Waals surface area contributed by atoms with E-state index in [1.165, 1.54) is 12.1 Å². The molecule has 0 atom stereocenters. The third-order valence-corrected chi connectivity index (χ3v) is 4.66. The number of halogens is 3. The number of rotatable bonds is 10. The minimum atomic E-state index is -4.77. The van der Waals surface area contributed by atoms with Crippen LogP contribution < -0.4 is 14.8 Å². The van der Waals surface area contributed by atoms with Crippen LogP contribution >= 0.6 is 0 Å². The average Bonchev–Trinajstić information content (AvgIpc) is 2.79. The molecule has 0 radical (unpaired) electrons. The van der Waals surface area contributed by atoms with Crippen molar-refractivity contribution in [2.45, 2.75) is 33.2 Å². The number of anilines is 2. The smallest absolute Gasteiger partial charge is 0.478 e. The summed E-state index contributed by atoms with van der Waals surface area (Å²) >= 11 is 0. The summed E-state index contributed by atoms with van der Waals surface area (Å²) in [6, 6.07) is 9.75. The highest BCUT2D eigenvalue weighted by Gasteiger charge is 2.32. The van der Waals surface area contributed by atoms with E-state index in [4.69, 9.17) is 4.74 Å². The van der Waals surface area contributed by atoms with Crippen LogP contribution in [0.5, 0.6) is 11.6 Å². The lowest BCUT2D eigenvalue weighted by molar-refractivity contribution is -0.275. The summed E-state index contributed by atoms with van der Waals surface area (Å²) in [6.07, 6.45) is -0.650. The summed E-state index contributed by atoms with van der Waals surface area (Å²) in [5.41, 5.74) is 2.40. The first kappa shape index (κ1) is 24.2. The highest BCUT2D eigenvalue weighted by Crippen LogP contribution is 2.30. The molecule has 1 N–H and O–H groups in total. The normalized spacial score (nSPS) is 11.5. The van der Waals surface area contributed by atoms with E-state index in [0.29, 0.717) is 41.9 Å². The molecular formula is C23H26F3N5O2. The Morgan fingerprint density at radius 2 is 1.82 bits per heavy atom. The van der Waals surface area contributed by atoms with Crippen molar-refractivity contribution in [1.29, 1.82) is 0 Å².